The van der Waals surface area contributed by atoms with Crippen LogP contribution in [0.1, 0.15) is 6.42 Å². The molecule has 1 unspecified atom stereocenters. The molecule has 2 heterocycles. The molecule has 0 aromatic heterocycles. The summed E-state index contributed by atoms with van der Waals surface area (Å²) < 4.78 is 16.9. The Morgan fingerprint density at radius 3 is 2.96 bits per heavy atom. The SMILES string of the molecule is COc1ccc2c(c1)OC(CCNC(=O)CN1CCOCC1)[N+]2=O. The number of morpholine rings is 1. The van der Waals surface area contributed by atoms with Crippen LogP contribution in [0, 0.1) is 4.91 Å². The van der Waals surface area contributed by atoms with E-state index in [4.69, 9.17) is 14.2 Å². The van der Waals surface area contributed by atoms with Crippen LogP contribution >= 0.6 is 0 Å². The average Bonchev–Trinajstić information content (AvgIpc) is 2.91. The summed E-state index contributed by atoms with van der Waals surface area (Å²) in [6, 6.07) is 5.09. The Kier molecular flexibility index (Phi) is 5.27. The number of hydrogen-bond acceptors (Lipinski definition) is 6. The van der Waals surface area contributed by atoms with Crippen molar-refractivity contribution in [2.75, 3.05) is 46.5 Å². The molecular formula is C16H22N3O5+. The van der Waals surface area contributed by atoms with Crippen LogP contribution in [0.25, 0.3) is 0 Å². The number of nitroso groups, excluding NO2 is 1. The van der Waals surface area contributed by atoms with E-state index in [1.807, 2.05) is 4.90 Å². The van der Waals surface area contributed by atoms with Crippen LogP contribution < -0.4 is 14.8 Å². The molecule has 1 atom stereocenters. The number of amides is 1. The molecule has 1 saturated heterocycles. The summed E-state index contributed by atoms with van der Waals surface area (Å²) in [6.07, 6.45) is -0.217. The highest BCUT2D eigenvalue weighted by molar-refractivity contribution is 5.77. The lowest BCUT2D eigenvalue weighted by atomic mass is 10.3. The Hall–Kier alpha value is -2.19. The average molecular weight is 336 g/mol. The Morgan fingerprint density at radius 2 is 2.21 bits per heavy atom. The van der Waals surface area contributed by atoms with Gasteiger partial charge in [-0.2, -0.15) is 0 Å². The van der Waals surface area contributed by atoms with Gasteiger partial charge in [-0.25, -0.2) is 0 Å². The molecule has 2 aliphatic heterocycles. The topological polar surface area (TPSA) is 80.1 Å². The van der Waals surface area contributed by atoms with Gasteiger partial charge in [-0.3, -0.25) is 9.69 Å². The van der Waals surface area contributed by atoms with E-state index in [-0.39, 0.29) is 5.91 Å². The van der Waals surface area contributed by atoms with Crippen LogP contribution in [0.15, 0.2) is 18.2 Å². The fraction of sp³-hybridized carbons (Fsp3) is 0.562. The molecule has 8 heteroatoms. The highest BCUT2D eigenvalue weighted by Crippen LogP contribution is 2.38. The third-order valence-electron chi connectivity index (χ3n) is 4.11. The lowest BCUT2D eigenvalue weighted by Gasteiger charge is -2.25. The number of methoxy groups -OCH3 is 1. The van der Waals surface area contributed by atoms with E-state index in [1.165, 1.54) is 0 Å². The summed E-state index contributed by atoms with van der Waals surface area (Å²) >= 11 is 0. The van der Waals surface area contributed by atoms with Crippen LogP contribution in [-0.4, -0.2) is 68.3 Å². The monoisotopic (exact) mass is 336 g/mol. The second kappa shape index (κ2) is 7.59. The summed E-state index contributed by atoms with van der Waals surface area (Å²) in [6.45, 7) is 3.60. The summed E-state index contributed by atoms with van der Waals surface area (Å²) in [7, 11) is 1.56. The normalized spacial score (nSPS) is 20.4. The molecule has 0 aliphatic carbocycles. The number of ether oxygens (including phenoxy) is 3. The molecule has 1 aromatic rings. The van der Waals surface area contributed by atoms with Crippen LogP contribution in [0.3, 0.4) is 0 Å². The van der Waals surface area contributed by atoms with E-state index in [1.54, 1.807) is 25.3 Å². The second-order valence-corrected chi connectivity index (χ2v) is 5.76. The molecule has 3 rings (SSSR count). The zero-order chi connectivity index (χ0) is 16.9. The molecule has 0 saturated carbocycles. The van der Waals surface area contributed by atoms with Crippen LogP contribution in [0.4, 0.5) is 5.69 Å². The van der Waals surface area contributed by atoms with Gasteiger partial charge in [0.15, 0.2) is 0 Å². The molecule has 0 spiro atoms. The highest BCUT2D eigenvalue weighted by atomic mass is 16.5. The third-order valence-corrected chi connectivity index (χ3v) is 4.11. The maximum atomic E-state index is 12.2. The Bertz CT molecular complexity index is 616. The van der Waals surface area contributed by atoms with Gasteiger partial charge in [0.2, 0.25) is 11.7 Å². The number of carbonyl (C=O) groups excluding carboxylic acids is 1. The number of hydrogen-bond donors (Lipinski definition) is 1. The van der Waals surface area contributed by atoms with Crippen molar-refractivity contribution < 1.29 is 23.8 Å². The number of rotatable bonds is 6. The molecule has 1 amide bonds. The minimum Gasteiger partial charge on any atom is -0.497 e. The van der Waals surface area contributed by atoms with Crippen molar-refractivity contribution in [3.8, 4) is 11.5 Å². The lowest BCUT2D eigenvalue weighted by molar-refractivity contribution is -0.529. The van der Waals surface area contributed by atoms with Crippen LogP contribution in [0.5, 0.6) is 11.5 Å². The predicted octanol–water partition coefficient (Wildman–Crippen LogP) is 0.663. The summed E-state index contributed by atoms with van der Waals surface area (Å²) in [5.74, 6) is 1.10. The van der Waals surface area contributed by atoms with Gasteiger partial charge in [0.05, 0.1) is 38.0 Å². The quantitative estimate of drug-likeness (QED) is 0.769. The number of carbonyl (C=O) groups is 1. The zero-order valence-corrected chi connectivity index (χ0v) is 13.7. The minimum atomic E-state index is -0.629. The molecule has 1 N–H and O–H groups in total. The Morgan fingerprint density at radius 1 is 1.42 bits per heavy atom. The maximum Gasteiger partial charge on any atom is 0.352 e. The van der Waals surface area contributed by atoms with E-state index in [0.29, 0.717) is 49.9 Å². The predicted molar refractivity (Wildman–Crippen MR) is 85.6 cm³/mol. The first kappa shape index (κ1) is 16.7. The molecule has 130 valence electrons. The van der Waals surface area contributed by atoms with Crippen molar-refractivity contribution in [2.45, 2.75) is 12.6 Å². The highest BCUT2D eigenvalue weighted by Gasteiger charge is 2.40. The molecule has 8 nitrogen and oxygen atoms in total. The smallest absolute Gasteiger partial charge is 0.352 e. The van der Waals surface area contributed by atoms with Crippen molar-refractivity contribution in [1.29, 1.82) is 0 Å². The molecule has 2 aliphatic rings. The second-order valence-electron chi connectivity index (χ2n) is 5.76. The summed E-state index contributed by atoms with van der Waals surface area (Å²) in [5.41, 5.74) is 0.487. The van der Waals surface area contributed by atoms with Crippen molar-refractivity contribution in [2.24, 2.45) is 0 Å². The van der Waals surface area contributed by atoms with Crippen molar-refractivity contribution in [3.63, 3.8) is 0 Å². The van der Waals surface area contributed by atoms with Crippen molar-refractivity contribution in [3.05, 3.63) is 23.1 Å². The van der Waals surface area contributed by atoms with Gasteiger partial charge in [0.25, 0.3) is 0 Å². The maximum absolute atomic E-state index is 12.2. The number of nitrogens with one attached hydrogen (secondary N) is 1. The van der Waals surface area contributed by atoms with Gasteiger partial charge in [-0.05, 0) is 6.07 Å². The van der Waals surface area contributed by atoms with Crippen LogP contribution in [0.2, 0.25) is 0 Å². The standard InChI is InChI=1S/C16H21N3O5/c1-22-12-2-3-13-14(10-12)24-16(19(13)21)4-5-17-15(20)11-18-6-8-23-9-7-18/h2-3,10,16H,4-9,11H2,1H3/p+1. The van der Waals surface area contributed by atoms with E-state index in [0.717, 1.165) is 17.8 Å². The number of nitrogens with zero attached hydrogens (tertiary/aromatic N) is 2. The minimum absolute atomic E-state index is 0.0495. The third kappa shape index (κ3) is 3.82. The molecular weight excluding hydrogens is 314 g/mol. The van der Waals surface area contributed by atoms with Gasteiger partial charge in [0, 0.05) is 36.7 Å². The Labute approximate surface area is 140 Å². The van der Waals surface area contributed by atoms with Crippen molar-refractivity contribution in [1.82, 2.24) is 10.2 Å². The molecule has 1 fully saturated rings. The summed E-state index contributed by atoms with van der Waals surface area (Å²) in [4.78, 5) is 26.2. The number of fused-ring (bicyclic) bond motifs is 1. The van der Waals surface area contributed by atoms with Crippen molar-refractivity contribution >= 4 is 11.6 Å². The largest absolute Gasteiger partial charge is 0.497 e. The summed E-state index contributed by atoms with van der Waals surface area (Å²) in [5, 5.41) is 2.84. The van der Waals surface area contributed by atoms with E-state index >= 15 is 0 Å². The van der Waals surface area contributed by atoms with Crippen LogP contribution in [-0.2, 0) is 9.53 Å². The molecule has 1 aromatic carbocycles. The first-order chi connectivity index (χ1) is 11.7. The van der Waals surface area contributed by atoms with E-state index in [2.05, 4.69) is 5.32 Å². The first-order valence-corrected chi connectivity index (χ1v) is 8.05. The lowest BCUT2D eigenvalue weighted by Crippen LogP contribution is -2.43. The number of benzene rings is 1. The molecule has 24 heavy (non-hydrogen) atoms. The fourth-order valence-corrected chi connectivity index (χ4v) is 2.78. The van der Waals surface area contributed by atoms with E-state index in [9.17, 15) is 9.70 Å². The molecule has 0 radical (unpaired) electrons. The Balaban J connectivity index is 1.44. The van der Waals surface area contributed by atoms with Gasteiger partial charge in [-0.15, -0.1) is 0 Å². The molecule has 0 bridgehead atoms. The van der Waals surface area contributed by atoms with E-state index < -0.39 is 6.23 Å². The van der Waals surface area contributed by atoms with Gasteiger partial charge >= 0.3 is 11.9 Å². The first-order valence-electron chi connectivity index (χ1n) is 8.05. The van der Waals surface area contributed by atoms with Gasteiger partial charge < -0.3 is 19.5 Å². The van der Waals surface area contributed by atoms with Gasteiger partial charge in [-0.1, -0.05) is 0 Å². The fourth-order valence-electron chi connectivity index (χ4n) is 2.78. The van der Waals surface area contributed by atoms with Gasteiger partial charge in [0.1, 0.15) is 5.75 Å². The zero-order valence-electron chi connectivity index (χ0n) is 13.7.